The molecule has 3 nitrogen and oxygen atoms in total. The predicted molar refractivity (Wildman–Crippen MR) is 80.7 cm³/mol. The Balaban J connectivity index is 1.76. The van der Waals surface area contributed by atoms with Crippen molar-refractivity contribution in [3.05, 3.63) is 65.0 Å². The molecule has 0 aromatic heterocycles. The van der Waals surface area contributed by atoms with Gasteiger partial charge in [-0.25, -0.2) is 4.39 Å². The molecule has 3 rings (SSSR count). The second-order valence-electron chi connectivity index (χ2n) is 5.39. The number of rotatable bonds is 5. The molecule has 1 saturated carbocycles. The summed E-state index contributed by atoms with van der Waals surface area (Å²) in [4.78, 5) is 11.2. The molecule has 0 heterocycles. The van der Waals surface area contributed by atoms with Crippen LogP contribution < -0.4 is 11.1 Å². The smallest absolute Gasteiger partial charge is 0.251 e. The predicted octanol–water partition coefficient (Wildman–Crippen LogP) is 3.41. The van der Waals surface area contributed by atoms with Crippen LogP contribution in [-0.4, -0.2) is 5.91 Å². The van der Waals surface area contributed by atoms with Gasteiger partial charge in [0.2, 0.25) is 0 Å². The van der Waals surface area contributed by atoms with Crippen LogP contribution in [0.3, 0.4) is 0 Å². The van der Waals surface area contributed by atoms with Crippen molar-refractivity contribution in [1.82, 2.24) is 0 Å². The molecule has 0 spiro atoms. The van der Waals surface area contributed by atoms with E-state index in [1.807, 2.05) is 6.07 Å². The second-order valence-corrected chi connectivity index (χ2v) is 5.39. The topological polar surface area (TPSA) is 55.1 Å². The molecule has 0 aliphatic heterocycles. The van der Waals surface area contributed by atoms with Gasteiger partial charge in [-0.15, -0.1) is 0 Å². The molecule has 1 aliphatic carbocycles. The maximum atomic E-state index is 13.4. The standard InChI is InChI=1S/C17H17FN2O/c18-16-8-7-13(9-15(16)17(19)21)20-10-12-3-1-2-4-14(12)11-5-6-11/h1-4,7-9,11,20H,5-6,10H2,(H2,19,21). The number of nitrogens with two attached hydrogens (primary N) is 1. The minimum Gasteiger partial charge on any atom is -0.381 e. The van der Waals surface area contributed by atoms with Gasteiger partial charge in [0.15, 0.2) is 0 Å². The van der Waals surface area contributed by atoms with Crippen molar-refractivity contribution in [2.75, 3.05) is 5.32 Å². The fourth-order valence-electron chi connectivity index (χ4n) is 2.51. The summed E-state index contributed by atoms with van der Waals surface area (Å²) in [6.45, 7) is 0.649. The number of carbonyl (C=O) groups excluding carboxylic acids is 1. The van der Waals surface area contributed by atoms with Gasteiger partial charge >= 0.3 is 0 Å². The Morgan fingerprint density at radius 3 is 2.71 bits per heavy atom. The first-order valence-electron chi connectivity index (χ1n) is 7.06. The number of hydrogen-bond acceptors (Lipinski definition) is 2. The van der Waals surface area contributed by atoms with Crippen LogP contribution in [0.4, 0.5) is 10.1 Å². The molecule has 0 unspecified atom stereocenters. The average Bonchev–Trinajstić information content (AvgIpc) is 3.31. The number of carbonyl (C=O) groups is 1. The third kappa shape index (κ3) is 3.05. The monoisotopic (exact) mass is 284 g/mol. The van der Waals surface area contributed by atoms with Crippen LogP contribution in [0.15, 0.2) is 42.5 Å². The number of nitrogens with one attached hydrogen (secondary N) is 1. The van der Waals surface area contributed by atoms with E-state index in [2.05, 4.69) is 23.5 Å². The Morgan fingerprint density at radius 1 is 1.24 bits per heavy atom. The zero-order chi connectivity index (χ0) is 14.8. The first kappa shape index (κ1) is 13.6. The maximum Gasteiger partial charge on any atom is 0.251 e. The van der Waals surface area contributed by atoms with Gasteiger partial charge < -0.3 is 11.1 Å². The molecule has 1 fully saturated rings. The summed E-state index contributed by atoms with van der Waals surface area (Å²) in [5, 5.41) is 3.23. The lowest BCUT2D eigenvalue weighted by atomic mass is 10.0. The van der Waals surface area contributed by atoms with Crippen molar-refractivity contribution < 1.29 is 9.18 Å². The van der Waals surface area contributed by atoms with Crippen LogP contribution in [0, 0.1) is 5.82 Å². The Morgan fingerprint density at radius 2 is 2.00 bits per heavy atom. The van der Waals surface area contributed by atoms with E-state index in [1.165, 1.54) is 36.1 Å². The average molecular weight is 284 g/mol. The number of halogens is 1. The van der Waals surface area contributed by atoms with Crippen molar-refractivity contribution in [3.63, 3.8) is 0 Å². The quantitative estimate of drug-likeness (QED) is 0.884. The number of benzene rings is 2. The third-order valence-electron chi connectivity index (χ3n) is 3.79. The van der Waals surface area contributed by atoms with E-state index in [0.717, 1.165) is 0 Å². The molecule has 1 aliphatic rings. The highest BCUT2D eigenvalue weighted by Crippen LogP contribution is 2.41. The molecule has 0 bridgehead atoms. The molecule has 1 amide bonds. The Labute approximate surface area is 123 Å². The van der Waals surface area contributed by atoms with Gasteiger partial charge in [-0.1, -0.05) is 24.3 Å². The van der Waals surface area contributed by atoms with Crippen LogP contribution in [0.5, 0.6) is 0 Å². The zero-order valence-corrected chi connectivity index (χ0v) is 11.6. The van der Waals surface area contributed by atoms with Gasteiger partial charge in [-0.05, 0) is 48.1 Å². The third-order valence-corrected chi connectivity index (χ3v) is 3.79. The second kappa shape index (κ2) is 5.56. The molecular formula is C17H17FN2O. The highest BCUT2D eigenvalue weighted by Gasteiger charge is 2.25. The van der Waals surface area contributed by atoms with Crippen molar-refractivity contribution in [2.24, 2.45) is 5.73 Å². The number of primary amides is 1. The largest absolute Gasteiger partial charge is 0.381 e. The van der Waals surface area contributed by atoms with Crippen molar-refractivity contribution in [3.8, 4) is 0 Å². The van der Waals surface area contributed by atoms with E-state index < -0.39 is 11.7 Å². The molecular weight excluding hydrogens is 267 g/mol. The minimum atomic E-state index is -0.755. The summed E-state index contributed by atoms with van der Waals surface area (Å²) in [7, 11) is 0. The lowest BCUT2D eigenvalue weighted by Gasteiger charge is -2.11. The van der Waals surface area contributed by atoms with Gasteiger partial charge in [0.25, 0.3) is 5.91 Å². The van der Waals surface area contributed by atoms with E-state index in [9.17, 15) is 9.18 Å². The summed E-state index contributed by atoms with van der Waals surface area (Å²) in [5.74, 6) is -0.668. The summed E-state index contributed by atoms with van der Waals surface area (Å²) in [6.07, 6.45) is 2.50. The molecule has 2 aromatic carbocycles. The molecule has 4 heteroatoms. The maximum absolute atomic E-state index is 13.4. The first-order chi connectivity index (χ1) is 10.1. The highest BCUT2D eigenvalue weighted by molar-refractivity contribution is 5.94. The van der Waals surface area contributed by atoms with Crippen LogP contribution in [0.1, 0.15) is 40.2 Å². The van der Waals surface area contributed by atoms with E-state index in [-0.39, 0.29) is 5.56 Å². The van der Waals surface area contributed by atoms with E-state index in [0.29, 0.717) is 18.2 Å². The summed E-state index contributed by atoms with van der Waals surface area (Å²) < 4.78 is 13.4. The fraction of sp³-hybridized carbons (Fsp3) is 0.235. The number of amides is 1. The molecule has 2 aromatic rings. The molecule has 0 radical (unpaired) electrons. The molecule has 0 saturated heterocycles. The van der Waals surface area contributed by atoms with Gasteiger partial charge in [0.05, 0.1) is 5.56 Å². The van der Waals surface area contributed by atoms with E-state index in [1.54, 1.807) is 6.07 Å². The normalized spacial score (nSPS) is 14.0. The lowest BCUT2D eigenvalue weighted by molar-refractivity contribution is 0.0996. The highest BCUT2D eigenvalue weighted by atomic mass is 19.1. The Hall–Kier alpha value is -2.36. The SMILES string of the molecule is NC(=O)c1cc(NCc2ccccc2C2CC2)ccc1F. The fourth-order valence-corrected chi connectivity index (χ4v) is 2.51. The van der Waals surface area contributed by atoms with Crippen molar-refractivity contribution in [2.45, 2.75) is 25.3 Å². The van der Waals surface area contributed by atoms with E-state index >= 15 is 0 Å². The van der Waals surface area contributed by atoms with Crippen molar-refractivity contribution in [1.29, 1.82) is 0 Å². The summed E-state index contributed by atoms with van der Waals surface area (Å²) in [5.41, 5.74) is 8.38. The molecule has 108 valence electrons. The van der Waals surface area contributed by atoms with Crippen LogP contribution in [0.2, 0.25) is 0 Å². The summed E-state index contributed by atoms with van der Waals surface area (Å²) >= 11 is 0. The molecule has 0 atom stereocenters. The van der Waals surface area contributed by atoms with Crippen LogP contribution >= 0.6 is 0 Å². The lowest BCUT2D eigenvalue weighted by Crippen LogP contribution is -2.13. The van der Waals surface area contributed by atoms with Gasteiger partial charge in [-0.3, -0.25) is 4.79 Å². The van der Waals surface area contributed by atoms with Crippen molar-refractivity contribution >= 4 is 11.6 Å². The molecule has 3 N–H and O–H groups in total. The first-order valence-corrected chi connectivity index (χ1v) is 7.06. The van der Waals surface area contributed by atoms with Gasteiger partial charge in [0, 0.05) is 12.2 Å². The number of anilines is 1. The number of hydrogen-bond donors (Lipinski definition) is 2. The molecule has 21 heavy (non-hydrogen) atoms. The van der Waals surface area contributed by atoms with Crippen LogP contribution in [-0.2, 0) is 6.54 Å². The Bertz CT molecular complexity index is 680. The Kier molecular flexibility index (Phi) is 3.60. The van der Waals surface area contributed by atoms with E-state index in [4.69, 9.17) is 5.73 Å². The van der Waals surface area contributed by atoms with Gasteiger partial charge in [0.1, 0.15) is 5.82 Å². The minimum absolute atomic E-state index is 0.0875. The summed E-state index contributed by atoms with van der Waals surface area (Å²) in [6, 6.07) is 12.7. The van der Waals surface area contributed by atoms with Gasteiger partial charge in [-0.2, -0.15) is 0 Å². The zero-order valence-electron chi connectivity index (χ0n) is 11.6. The van der Waals surface area contributed by atoms with Crippen LogP contribution in [0.25, 0.3) is 0 Å².